The number of nitriles is 1. The summed E-state index contributed by atoms with van der Waals surface area (Å²) in [5.41, 5.74) is 0.952. The van der Waals surface area contributed by atoms with Gasteiger partial charge in [0, 0.05) is 0 Å². The van der Waals surface area contributed by atoms with Gasteiger partial charge >= 0.3 is 181 Å². The zero-order valence-electron chi connectivity index (χ0n) is 16.2. The number of carbonyl (C=O) groups is 1. The molecule has 0 radical (unpaired) electrons. The van der Waals surface area contributed by atoms with Crippen molar-refractivity contribution in [1.29, 1.82) is 5.26 Å². The van der Waals surface area contributed by atoms with Crippen molar-refractivity contribution in [2.45, 2.75) is 0 Å². The second-order valence-corrected chi connectivity index (χ2v) is 16.3. The summed E-state index contributed by atoms with van der Waals surface area (Å²) in [5, 5.41) is 9.04. The van der Waals surface area contributed by atoms with Crippen LogP contribution in [0, 0.1) is 11.3 Å². The number of hydrogen-bond donors (Lipinski definition) is 0. The minimum absolute atomic E-state index is 0.369. The monoisotopic (exact) mass is 497 g/mol. The molecule has 0 aliphatic rings. The second kappa shape index (κ2) is 8.98. The Hall–Kier alpha value is -3.36. The molecule has 30 heavy (non-hydrogen) atoms. The molecule has 4 aromatic carbocycles. The van der Waals surface area contributed by atoms with Crippen LogP contribution in [-0.2, 0) is 3.07 Å². The summed E-state index contributed by atoms with van der Waals surface area (Å²) in [4.78, 5) is 13.3. The Bertz CT molecular complexity index is 1070. The molecule has 3 nitrogen and oxygen atoms in total. The molecule has 4 aromatic rings. The van der Waals surface area contributed by atoms with Crippen LogP contribution in [0.4, 0.5) is 0 Å². The second-order valence-electron chi connectivity index (χ2n) is 6.86. The van der Waals surface area contributed by atoms with E-state index >= 15 is 0 Å². The maximum atomic E-state index is 13.3. The summed E-state index contributed by atoms with van der Waals surface area (Å²) in [6.45, 7) is 0. The van der Waals surface area contributed by atoms with Crippen LogP contribution in [0.1, 0.15) is 15.9 Å². The molecule has 0 amide bonds. The van der Waals surface area contributed by atoms with Crippen LogP contribution in [0.15, 0.2) is 115 Å². The number of benzene rings is 4. The molecule has 0 unspecified atom stereocenters. The van der Waals surface area contributed by atoms with E-state index in [1.165, 1.54) is 0 Å². The first-order valence-corrected chi connectivity index (χ1v) is 15.1. The zero-order valence-corrected chi connectivity index (χ0v) is 19.1. The Balaban J connectivity index is 1.90. The predicted molar refractivity (Wildman–Crippen MR) is 121 cm³/mol. The van der Waals surface area contributed by atoms with E-state index in [1.54, 1.807) is 24.3 Å². The molecule has 0 heterocycles. The van der Waals surface area contributed by atoms with Crippen LogP contribution in [0.25, 0.3) is 0 Å². The Kier molecular flexibility index (Phi) is 5.96. The average molecular weight is 496 g/mol. The van der Waals surface area contributed by atoms with Crippen LogP contribution in [0.5, 0.6) is 0 Å². The molecule has 144 valence electrons. The van der Waals surface area contributed by atoms with Gasteiger partial charge < -0.3 is 0 Å². The van der Waals surface area contributed by atoms with Gasteiger partial charge in [-0.25, -0.2) is 0 Å². The number of rotatable bonds is 5. The van der Waals surface area contributed by atoms with E-state index in [9.17, 15) is 4.79 Å². The van der Waals surface area contributed by atoms with Crippen LogP contribution in [-0.4, -0.2) is 24.8 Å². The first kappa shape index (κ1) is 19.9. The minimum atomic E-state index is -4.12. The van der Waals surface area contributed by atoms with Gasteiger partial charge in [-0.15, -0.1) is 0 Å². The summed E-state index contributed by atoms with van der Waals surface area (Å²) < 4.78 is 9.73. The molecule has 0 N–H and O–H groups in total. The fraction of sp³-hybridized carbons (Fsp3) is 0. The quantitative estimate of drug-likeness (QED) is 0.399. The fourth-order valence-corrected chi connectivity index (χ4v) is 14.2. The van der Waals surface area contributed by atoms with Gasteiger partial charge in [-0.05, 0) is 0 Å². The third-order valence-corrected chi connectivity index (χ3v) is 16.3. The van der Waals surface area contributed by atoms with E-state index in [4.69, 9.17) is 8.34 Å². The molecule has 0 bridgehead atoms. The summed E-state index contributed by atoms with van der Waals surface area (Å²) in [6.07, 6.45) is 0. The van der Waals surface area contributed by atoms with E-state index in [0.717, 1.165) is 10.7 Å². The van der Waals surface area contributed by atoms with E-state index < -0.39 is 18.8 Å². The van der Waals surface area contributed by atoms with Gasteiger partial charge in [0.15, 0.2) is 0 Å². The molecule has 4 heteroatoms. The Morgan fingerprint density at radius 3 is 1.40 bits per heavy atom. The summed E-state index contributed by atoms with van der Waals surface area (Å²) >= 11 is -4.12. The standard InChI is InChI=1S/C8H5NO2.3C6H5.Sn/c9-5-6-1-3-7(4-2-6)8(10)11;3*1-2-4-6-5-3-1;/h1-4H,(H,10,11);3*1-5H;/q;;;;+1/p-1. The summed E-state index contributed by atoms with van der Waals surface area (Å²) in [6, 6.07) is 38.9. The van der Waals surface area contributed by atoms with Crippen molar-refractivity contribution in [2.75, 3.05) is 0 Å². The van der Waals surface area contributed by atoms with Crippen LogP contribution in [0.2, 0.25) is 0 Å². The van der Waals surface area contributed by atoms with Crippen molar-refractivity contribution in [1.82, 2.24) is 0 Å². The van der Waals surface area contributed by atoms with Crippen molar-refractivity contribution >= 4 is 35.5 Å². The number of carbonyl (C=O) groups excluding carboxylic acids is 1. The molecule has 0 fully saturated rings. The molecule has 4 rings (SSSR count). The van der Waals surface area contributed by atoms with Gasteiger partial charge in [-0.2, -0.15) is 0 Å². The summed E-state index contributed by atoms with van der Waals surface area (Å²) in [7, 11) is 0. The fourth-order valence-electron chi connectivity index (χ4n) is 3.57. The Morgan fingerprint density at radius 1 is 0.633 bits per heavy atom. The molecule has 0 saturated carbocycles. The molecule has 0 atom stereocenters. The van der Waals surface area contributed by atoms with Crippen molar-refractivity contribution < 1.29 is 7.87 Å². The first-order valence-electron chi connectivity index (χ1n) is 9.64. The Labute approximate surface area is 180 Å². The molecule has 0 aliphatic heterocycles. The van der Waals surface area contributed by atoms with E-state index in [2.05, 4.69) is 42.5 Å². The maximum absolute atomic E-state index is 13.3. The van der Waals surface area contributed by atoms with E-state index in [-0.39, 0.29) is 5.97 Å². The molecular formula is C26H19NO2Sn. The van der Waals surface area contributed by atoms with Crippen molar-refractivity contribution in [3.05, 3.63) is 126 Å². The van der Waals surface area contributed by atoms with Gasteiger partial charge in [0.1, 0.15) is 0 Å². The Morgan fingerprint density at radius 2 is 1.03 bits per heavy atom. The van der Waals surface area contributed by atoms with E-state index in [1.807, 2.05) is 54.6 Å². The van der Waals surface area contributed by atoms with Gasteiger partial charge in [0.25, 0.3) is 0 Å². The SMILES string of the molecule is N#Cc1ccc(C(=O)[O][Sn]([c]2ccccc2)([c]2ccccc2)[c]2ccccc2)cc1. The number of nitrogens with zero attached hydrogens (tertiary/aromatic N) is 1. The van der Waals surface area contributed by atoms with Gasteiger partial charge in [0.05, 0.1) is 0 Å². The van der Waals surface area contributed by atoms with Crippen molar-refractivity contribution in [2.24, 2.45) is 0 Å². The summed E-state index contributed by atoms with van der Waals surface area (Å²) in [5.74, 6) is -0.369. The number of hydrogen-bond acceptors (Lipinski definition) is 3. The third kappa shape index (κ3) is 3.87. The first-order chi connectivity index (χ1) is 14.7. The van der Waals surface area contributed by atoms with Gasteiger partial charge in [-0.3, -0.25) is 0 Å². The molecule has 0 aromatic heterocycles. The van der Waals surface area contributed by atoms with Gasteiger partial charge in [0.2, 0.25) is 0 Å². The zero-order chi connectivity index (χ0) is 20.8. The van der Waals surface area contributed by atoms with Crippen molar-refractivity contribution in [3.63, 3.8) is 0 Å². The van der Waals surface area contributed by atoms with Gasteiger partial charge in [-0.1, -0.05) is 0 Å². The molecule has 0 spiro atoms. The van der Waals surface area contributed by atoms with Crippen molar-refractivity contribution in [3.8, 4) is 6.07 Å². The van der Waals surface area contributed by atoms with Crippen LogP contribution >= 0.6 is 0 Å². The average Bonchev–Trinajstić information content (AvgIpc) is 2.84. The third-order valence-electron chi connectivity index (χ3n) is 5.04. The van der Waals surface area contributed by atoms with Crippen LogP contribution in [0.3, 0.4) is 0 Å². The molecule has 0 aliphatic carbocycles. The molecular weight excluding hydrogens is 477 g/mol. The molecule has 0 saturated heterocycles. The van der Waals surface area contributed by atoms with E-state index in [0.29, 0.717) is 11.1 Å². The normalized spacial score (nSPS) is 10.8. The van der Waals surface area contributed by atoms with Crippen LogP contribution < -0.4 is 10.7 Å². The predicted octanol–water partition coefficient (Wildman–Crippen LogP) is 3.38. The topological polar surface area (TPSA) is 50.1 Å².